The molecule has 0 aromatic heterocycles. The molecule has 14 heavy (non-hydrogen) atoms. The summed E-state index contributed by atoms with van der Waals surface area (Å²) < 4.78 is 33.0. The van der Waals surface area contributed by atoms with Gasteiger partial charge in [-0.3, -0.25) is 4.55 Å². The van der Waals surface area contributed by atoms with Crippen LogP contribution in [-0.4, -0.2) is 52.3 Å². The van der Waals surface area contributed by atoms with Crippen molar-refractivity contribution in [3.8, 4) is 0 Å². The van der Waals surface area contributed by atoms with Gasteiger partial charge in [-0.1, -0.05) is 5.04 Å². The molecule has 0 aromatic carbocycles. The van der Waals surface area contributed by atoms with E-state index < -0.39 is 20.1 Å². The SMILES string of the molecule is O=S(=O)(O)C1C[N+]1(O)CCSOOO. The third-order valence-corrected chi connectivity index (χ3v) is 3.59. The van der Waals surface area contributed by atoms with E-state index in [0.717, 1.165) is 0 Å². The lowest BCUT2D eigenvalue weighted by Gasteiger charge is -2.07. The van der Waals surface area contributed by atoms with Crippen LogP contribution in [-0.2, 0) is 19.5 Å². The fourth-order valence-corrected chi connectivity index (χ4v) is 2.60. The molecule has 1 fully saturated rings. The summed E-state index contributed by atoms with van der Waals surface area (Å²) in [6.07, 6.45) is 0. The molecule has 1 heterocycles. The van der Waals surface area contributed by atoms with Crippen molar-refractivity contribution < 1.29 is 37.5 Å². The summed E-state index contributed by atoms with van der Waals surface area (Å²) in [4.78, 5) is 0. The Kier molecular flexibility index (Phi) is 3.71. The topological polar surface area (TPSA) is 113 Å². The fourth-order valence-electron chi connectivity index (χ4n) is 1.05. The second-order valence-corrected chi connectivity index (χ2v) is 5.18. The zero-order valence-electron chi connectivity index (χ0n) is 6.94. The van der Waals surface area contributed by atoms with E-state index in [1.807, 2.05) is 0 Å². The van der Waals surface area contributed by atoms with Gasteiger partial charge in [-0.05, 0) is 0 Å². The first-order chi connectivity index (χ1) is 6.40. The highest BCUT2D eigenvalue weighted by molar-refractivity contribution is 7.94. The number of quaternary nitrogens is 1. The summed E-state index contributed by atoms with van der Waals surface area (Å²) in [7, 11) is -4.19. The molecule has 0 radical (unpaired) electrons. The summed E-state index contributed by atoms with van der Waals surface area (Å²) in [6, 6.07) is 0. The number of hydrogen-bond acceptors (Lipinski definition) is 7. The van der Waals surface area contributed by atoms with Gasteiger partial charge in [0.25, 0.3) is 5.37 Å². The molecule has 1 aliphatic rings. The Balaban J connectivity index is 2.27. The quantitative estimate of drug-likeness (QED) is 0.109. The van der Waals surface area contributed by atoms with Crippen LogP contribution in [0.25, 0.3) is 0 Å². The Morgan fingerprint density at radius 3 is 2.64 bits per heavy atom. The van der Waals surface area contributed by atoms with Crippen molar-refractivity contribution in [1.29, 1.82) is 0 Å². The third-order valence-electron chi connectivity index (χ3n) is 1.86. The maximum Gasteiger partial charge on any atom is 0.328 e. The second kappa shape index (κ2) is 4.28. The first-order valence-corrected chi connectivity index (χ1v) is 5.97. The number of hydroxylamine groups is 3. The Bertz CT molecular complexity index is 292. The van der Waals surface area contributed by atoms with Crippen molar-refractivity contribution in [1.82, 2.24) is 0 Å². The molecule has 0 amide bonds. The van der Waals surface area contributed by atoms with E-state index >= 15 is 0 Å². The lowest BCUT2D eigenvalue weighted by Crippen LogP contribution is -2.30. The number of nitrogens with zero attached hydrogens (tertiary/aromatic N) is 1. The van der Waals surface area contributed by atoms with Crippen molar-refractivity contribution in [2.75, 3.05) is 18.8 Å². The van der Waals surface area contributed by atoms with Gasteiger partial charge in [0.1, 0.15) is 6.54 Å². The molecule has 0 aromatic rings. The van der Waals surface area contributed by atoms with E-state index in [2.05, 4.69) is 9.37 Å². The molecular formula is C4H10NO7S2+. The van der Waals surface area contributed by atoms with Crippen LogP contribution in [0.2, 0.25) is 0 Å². The Labute approximate surface area is 84.4 Å². The van der Waals surface area contributed by atoms with Gasteiger partial charge in [0.2, 0.25) is 0 Å². The van der Waals surface area contributed by atoms with Gasteiger partial charge in [0.15, 0.2) is 6.54 Å². The molecule has 8 nitrogen and oxygen atoms in total. The standard InChI is InChI=1S/C4H9NO7S2/c6-5(1-2-13-12-11-7)3-4(5)14(8,9)10/h4,6H,1-3H2,(H-,7,8,9,10)/p+1. The maximum absolute atomic E-state index is 10.6. The van der Waals surface area contributed by atoms with E-state index in [-0.39, 0.29) is 18.8 Å². The molecule has 0 aliphatic carbocycles. The molecule has 10 heteroatoms. The highest BCUT2D eigenvalue weighted by Crippen LogP contribution is 2.31. The van der Waals surface area contributed by atoms with Gasteiger partial charge >= 0.3 is 10.1 Å². The predicted molar refractivity (Wildman–Crippen MR) is 44.4 cm³/mol. The molecule has 0 bridgehead atoms. The predicted octanol–water partition coefficient (Wildman–Crippen LogP) is -0.511. The zero-order chi connectivity index (χ0) is 10.8. The summed E-state index contributed by atoms with van der Waals surface area (Å²) in [5.41, 5.74) is 0. The molecule has 3 N–H and O–H groups in total. The lowest BCUT2D eigenvalue weighted by molar-refractivity contribution is -1.00. The zero-order valence-corrected chi connectivity index (χ0v) is 8.57. The summed E-state index contributed by atoms with van der Waals surface area (Å²) in [6.45, 7) is 0.0257. The van der Waals surface area contributed by atoms with Crippen LogP contribution in [0.1, 0.15) is 0 Å². The minimum absolute atomic E-state index is 0.0423. The largest absolute Gasteiger partial charge is 0.328 e. The Morgan fingerprint density at radius 1 is 1.57 bits per heavy atom. The summed E-state index contributed by atoms with van der Waals surface area (Å²) in [5.74, 6) is 0.211. The Morgan fingerprint density at radius 2 is 2.21 bits per heavy atom. The van der Waals surface area contributed by atoms with Gasteiger partial charge in [-0.15, -0.1) is 4.33 Å². The van der Waals surface area contributed by atoms with Crippen molar-refractivity contribution >= 4 is 22.2 Å². The van der Waals surface area contributed by atoms with Crippen LogP contribution < -0.4 is 0 Å². The van der Waals surface area contributed by atoms with E-state index in [1.165, 1.54) is 0 Å². The van der Waals surface area contributed by atoms with Gasteiger partial charge in [-0.25, -0.2) is 10.5 Å². The Hall–Kier alpha value is 0.0600. The van der Waals surface area contributed by atoms with Crippen molar-refractivity contribution in [3.05, 3.63) is 0 Å². The van der Waals surface area contributed by atoms with Gasteiger partial charge < -0.3 is 0 Å². The second-order valence-electron chi connectivity index (χ2n) is 2.83. The fraction of sp³-hybridized carbons (Fsp3) is 1.00. The van der Waals surface area contributed by atoms with E-state index in [9.17, 15) is 13.6 Å². The first kappa shape index (κ1) is 12.1. The average Bonchev–Trinajstić information content (AvgIpc) is 2.72. The van der Waals surface area contributed by atoms with Crippen LogP contribution >= 0.6 is 12.0 Å². The van der Waals surface area contributed by atoms with Crippen LogP contribution in [0.4, 0.5) is 0 Å². The maximum atomic E-state index is 10.6. The van der Waals surface area contributed by atoms with E-state index in [1.54, 1.807) is 0 Å². The monoisotopic (exact) mass is 248 g/mol. The van der Waals surface area contributed by atoms with E-state index in [0.29, 0.717) is 12.0 Å². The van der Waals surface area contributed by atoms with Crippen molar-refractivity contribution in [2.45, 2.75) is 5.37 Å². The minimum Gasteiger partial charge on any atom is -0.281 e. The summed E-state index contributed by atoms with van der Waals surface area (Å²) >= 11 is 0.708. The molecule has 2 atom stereocenters. The lowest BCUT2D eigenvalue weighted by atomic mass is 10.7. The molecule has 1 saturated heterocycles. The van der Waals surface area contributed by atoms with Crippen LogP contribution in [0, 0.1) is 0 Å². The minimum atomic E-state index is -4.19. The van der Waals surface area contributed by atoms with Gasteiger partial charge in [0.05, 0.1) is 5.75 Å². The molecule has 0 saturated carbocycles. The third kappa shape index (κ3) is 3.03. The molecule has 2 unspecified atom stereocenters. The van der Waals surface area contributed by atoms with E-state index in [4.69, 9.17) is 9.81 Å². The smallest absolute Gasteiger partial charge is 0.281 e. The molecule has 1 aliphatic heterocycles. The first-order valence-electron chi connectivity index (χ1n) is 3.56. The number of hydrogen-bond donors (Lipinski definition) is 3. The van der Waals surface area contributed by atoms with Crippen LogP contribution in [0.5, 0.6) is 0 Å². The van der Waals surface area contributed by atoms with Crippen molar-refractivity contribution in [3.63, 3.8) is 0 Å². The van der Waals surface area contributed by atoms with Crippen LogP contribution in [0.15, 0.2) is 0 Å². The molecule has 1 rings (SSSR count). The molecule has 84 valence electrons. The molecular weight excluding hydrogens is 238 g/mol. The van der Waals surface area contributed by atoms with Gasteiger partial charge in [-0.2, -0.15) is 13.1 Å². The highest BCUT2D eigenvalue weighted by Gasteiger charge is 2.63. The van der Waals surface area contributed by atoms with Crippen molar-refractivity contribution in [2.24, 2.45) is 0 Å². The normalized spacial score (nSPS) is 31.8. The van der Waals surface area contributed by atoms with Gasteiger partial charge in [0, 0.05) is 12.0 Å². The highest BCUT2D eigenvalue weighted by atomic mass is 32.2. The summed E-state index contributed by atoms with van der Waals surface area (Å²) in [5, 5.41) is 19.3. The molecule has 0 spiro atoms. The van der Waals surface area contributed by atoms with Crippen LogP contribution in [0.3, 0.4) is 0 Å². The average molecular weight is 248 g/mol. The number of rotatable bonds is 6.